The molecule has 0 aliphatic carbocycles. The zero-order valence-corrected chi connectivity index (χ0v) is 18.1. The van der Waals surface area contributed by atoms with Gasteiger partial charge in [0.2, 0.25) is 0 Å². The fourth-order valence-corrected chi connectivity index (χ4v) is 3.93. The second-order valence-corrected chi connectivity index (χ2v) is 7.59. The number of amides is 1. The van der Waals surface area contributed by atoms with E-state index in [0.29, 0.717) is 47.7 Å². The Morgan fingerprint density at radius 1 is 1.13 bits per heavy atom. The fourth-order valence-electron chi connectivity index (χ4n) is 3.93. The summed E-state index contributed by atoms with van der Waals surface area (Å²) in [7, 11) is 0. The van der Waals surface area contributed by atoms with Gasteiger partial charge in [0, 0.05) is 18.5 Å². The number of rotatable bonds is 7. The van der Waals surface area contributed by atoms with Crippen LogP contribution < -0.4 is 20.3 Å². The van der Waals surface area contributed by atoms with E-state index in [1.165, 1.54) is 0 Å². The fraction of sp³-hybridized carbons (Fsp3) is 0.375. The average Bonchev–Trinajstić information content (AvgIpc) is 3.24. The predicted molar refractivity (Wildman–Crippen MR) is 119 cm³/mol. The summed E-state index contributed by atoms with van der Waals surface area (Å²) in [6.07, 6.45) is 1.72. The van der Waals surface area contributed by atoms with E-state index in [0.717, 1.165) is 24.2 Å². The molecule has 1 atom stereocenters. The molecule has 1 amide bonds. The highest BCUT2D eigenvalue weighted by molar-refractivity contribution is 5.97. The van der Waals surface area contributed by atoms with E-state index in [4.69, 9.17) is 9.47 Å². The van der Waals surface area contributed by atoms with Gasteiger partial charge >= 0.3 is 0 Å². The number of fused-ring (bicyclic) bond motifs is 2. The minimum Gasteiger partial charge on any atom is -0.490 e. The number of nitrogens with one attached hydrogen (secondary N) is 1. The third kappa shape index (κ3) is 4.13. The van der Waals surface area contributed by atoms with Crippen LogP contribution in [0.3, 0.4) is 0 Å². The van der Waals surface area contributed by atoms with Gasteiger partial charge in [0.15, 0.2) is 11.5 Å². The second-order valence-electron chi connectivity index (χ2n) is 7.59. The molecule has 7 heteroatoms. The van der Waals surface area contributed by atoms with Gasteiger partial charge in [0.1, 0.15) is 5.82 Å². The highest BCUT2D eigenvalue weighted by Crippen LogP contribution is 2.31. The van der Waals surface area contributed by atoms with Crippen LogP contribution in [0.5, 0.6) is 11.5 Å². The molecule has 162 valence electrons. The summed E-state index contributed by atoms with van der Waals surface area (Å²) >= 11 is 0. The Morgan fingerprint density at radius 3 is 2.68 bits per heavy atom. The zero-order chi connectivity index (χ0) is 22.0. The summed E-state index contributed by atoms with van der Waals surface area (Å²) in [5.41, 5.74) is 1.93. The van der Waals surface area contributed by atoms with Gasteiger partial charge in [0.05, 0.1) is 30.2 Å². The number of carbonyl (C=O) groups excluding carboxylic acids is 1. The molecule has 2 heterocycles. The van der Waals surface area contributed by atoms with Crippen LogP contribution in [0.15, 0.2) is 41.2 Å². The molecule has 31 heavy (non-hydrogen) atoms. The topological polar surface area (TPSA) is 82.5 Å². The molecule has 0 fully saturated rings. The average molecular weight is 421 g/mol. The Hall–Kier alpha value is -3.35. The first kappa shape index (κ1) is 20.9. The number of benzene rings is 2. The molecule has 2 aromatic carbocycles. The van der Waals surface area contributed by atoms with Crippen molar-refractivity contribution in [3.05, 3.63) is 63.7 Å². The van der Waals surface area contributed by atoms with E-state index in [1.54, 1.807) is 22.8 Å². The van der Waals surface area contributed by atoms with Crippen molar-refractivity contribution in [2.24, 2.45) is 0 Å². The van der Waals surface area contributed by atoms with Gasteiger partial charge in [-0.2, -0.15) is 0 Å². The molecule has 0 radical (unpaired) electrons. The van der Waals surface area contributed by atoms with Gasteiger partial charge in [-0.05, 0) is 63.1 Å². The largest absolute Gasteiger partial charge is 0.490 e. The molecule has 0 saturated carbocycles. The maximum absolute atomic E-state index is 12.9. The van der Waals surface area contributed by atoms with Gasteiger partial charge in [-0.1, -0.05) is 6.07 Å². The molecule has 1 N–H and O–H groups in total. The molecule has 1 aliphatic rings. The summed E-state index contributed by atoms with van der Waals surface area (Å²) in [6, 6.07) is 10.5. The highest BCUT2D eigenvalue weighted by atomic mass is 16.5. The summed E-state index contributed by atoms with van der Waals surface area (Å²) in [6.45, 7) is 7.55. The Labute approximate surface area is 181 Å². The number of carbonyl (C=O) groups is 1. The van der Waals surface area contributed by atoms with Crippen LogP contribution in [0.1, 0.15) is 55.0 Å². The van der Waals surface area contributed by atoms with Crippen LogP contribution in [0.2, 0.25) is 0 Å². The summed E-state index contributed by atoms with van der Waals surface area (Å²) in [4.78, 5) is 30.1. The van der Waals surface area contributed by atoms with Crippen LogP contribution >= 0.6 is 0 Å². The first-order chi connectivity index (χ1) is 15.0. The SMILES string of the molecule is CCOc1ccc([C@H](C)NC(=O)c2ccc3c(=O)n4c(nc3c2)CCC4)cc1OCC. The van der Waals surface area contributed by atoms with Gasteiger partial charge in [-0.15, -0.1) is 0 Å². The van der Waals surface area contributed by atoms with Crippen molar-refractivity contribution in [1.29, 1.82) is 0 Å². The molecule has 0 spiro atoms. The smallest absolute Gasteiger partial charge is 0.261 e. The van der Waals surface area contributed by atoms with E-state index in [1.807, 2.05) is 39.0 Å². The Kier molecular flexibility index (Phi) is 5.93. The van der Waals surface area contributed by atoms with E-state index < -0.39 is 0 Å². The molecule has 7 nitrogen and oxygen atoms in total. The van der Waals surface area contributed by atoms with Gasteiger partial charge in [0.25, 0.3) is 11.5 Å². The summed E-state index contributed by atoms with van der Waals surface area (Å²) < 4.78 is 13.0. The predicted octanol–water partition coefficient (Wildman–Crippen LogP) is 3.63. The number of aromatic nitrogens is 2. The Balaban J connectivity index is 1.56. The molecule has 1 aliphatic heterocycles. The van der Waals surface area contributed by atoms with E-state index in [-0.39, 0.29) is 17.5 Å². The van der Waals surface area contributed by atoms with E-state index in [9.17, 15) is 9.59 Å². The lowest BCUT2D eigenvalue weighted by molar-refractivity contribution is 0.0940. The minimum absolute atomic E-state index is 0.0318. The monoisotopic (exact) mass is 421 g/mol. The number of hydrogen-bond acceptors (Lipinski definition) is 5. The van der Waals surface area contributed by atoms with Crippen molar-refractivity contribution < 1.29 is 14.3 Å². The van der Waals surface area contributed by atoms with Crippen LogP contribution in [-0.4, -0.2) is 28.7 Å². The number of aryl methyl sites for hydroxylation is 1. The van der Waals surface area contributed by atoms with E-state index in [2.05, 4.69) is 10.3 Å². The maximum Gasteiger partial charge on any atom is 0.261 e. The normalized spacial score (nSPS) is 13.6. The standard InChI is InChI=1S/C24H27N3O4/c1-4-30-20-11-9-16(14-21(20)31-5-2)15(3)25-23(28)17-8-10-18-19(13-17)26-22-7-6-12-27(22)24(18)29/h8-11,13-15H,4-7,12H2,1-3H3,(H,25,28)/t15-/m0/s1. The molecule has 0 saturated heterocycles. The molecular formula is C24H27N3O4. The number of ether oxygens (including phenoxy) is 2. The van der Waals surface area contributed by atoms with Crippen LogP contribution in [0.4, 0.5) is 0 Å². The van der Waals surface area contributed by atoms with Crippen LogP contribution in [0.25, 0.3) is 10.9 Å². The second kappa shape index (κ2) is 8.79. The highest BCUT2D eigenvalue weighted by Gasteiger charge is 2.18. The van der Waals surface area contributed by atoms with Crippen molar-refractivity contribution in [2.45, 2.75) is 46.2 Å². The van der Waals surface area contributed by atoms with Gasteiger partial charge in [-0.25, -0.2) is 4.98 Å². The Bertz CT molecular complexity index is 1190. The molecule has 4 rings (SSSR count). The maximum atomic E-state index is 12.9. The summed E-state index contributed by atoms with van der Waals surface area (Å²) in [5, 5.41) is 3.56. The van der Waals surface area contributed by atoms with E-state index >= 15 is 0 Å². The summed E-state index contributed by atoms with van der Waals surface area (Å²) in [5.74, 6) is 1.92. The van der Waals surface area contributed by atoms with Crippen LogP contribution in [-0.2, 0) is 13.0 Å². The first-order valence-corrected chi connectivity index (χ1v) is 10.8. The lowest BCUT2D eigenvalue weighted by Crippen LogP contribution is -2.27. The molecule has 3 aromatic rings. The van der Waals surface area contributed by atoms with Crippen molar-refractivity contribution in [2.75, 3.05) is 13.2 Å². The van der Waals surface area contributed by atoms with Crippen molar-refractivity contribution in [3.63, 3.8) is 0 Å². The van der Waals surface area contributed by atoms with Gasteiger partial charge in [-0.3, -0.25) is 14.2 Å². The molecular weight excluding hydrogens is 394 g/mol. The lowest BCUT2D eigenvalue weighted by Gasteiger charge is -2.18. The first-order valence-electron chi connectivity index (χ1n) is 10.8. The zero-order valence-electron chi connectivity index (χ0n) is 18.1. The molecule has 1 aromatic heterocycles. The Morgan fingerprint density at radius 2 is 1.90 bits per heavy atom. The van der Waals surface area contributed by atoms with Crippen LogP contribution in [0, 0.1) is 0 Å². The third-order valence-corrected chi connectivity index (χ3v) is 5.49. The number of hydrogen-bond donors (Lipinski definition) is 1. The third-order valence-electron chi connectivity index (χ3n) is 5.49. The van der Waals surface area contributed by atoms with Crippen molar-refractivity contribution in [1.82, 2.24) is 14.9 Å². The minimum atomic E-state index is -0.239. The quantitative estimate of drug-likeness (QED) is 0.630. The molecule has 0 bridgehead atoms. The number of nitrogens with zero attached hydrogens (tertiary/aromatic N) is 2. The lowest BCUT2D eigenvalue weighted by atomic mass is 10.1. The molecule has 0 unspecified atom stereocenters. The van der Waals surface area contributed by atoms with Gasteiger partial charge < -0.3 is 14.8 Å². The van der Waals surface area contributed by atoms with Crippen molar-refractivity contribution in [3.8, 4) is 11.5 Å². The van der Waals surface area contributed by atoms with Crippen molar-refractivity contribution >= 4 is 16.8 Å².